The van der Waals surface area contributed by atoms with Crippen LogP contribution >= 0.6 is 0 Å². The molecule has 1 unspecified atom stereocenters. The van der Waals surface area contributed by atoms with Gasteiger partial charge in [-0.2, -0.15) is 0 Å². The summed E-state index contributed by atoms with van der Waals surface area (Å²) in [6.45, 7) is 6.44. The predicted molar refractivity (Wildman–Crippen MR) is 83.4 cm³/mol. The quantitative estimate of drug-likeness (QED) is 0.894. The fourth-order valence-electron chi connectivity index (χ4n) is 2.82. The second-order valence-electron chi connectivity index (χ2n) is 5.53. The van der Waals surface area contributed by atoms with Crippen molar-refractivity contribution in [2.24, 2.45) is 0 Å². The van der Waals surface area contributed by atoms with Crippen molar-refractivity contribution in [3.8, 4) is 0 Å². The highest BCUT2D eigenvalue weighted by Crippen LogP contribution is 2.31. The minimum atomic E-state index is 0.174. The first-order valence-corrected chi connectivity index (χ1v) is 7.41. The SMILES string of the molecule is Cc1ccc(C(C)Nc2ccccc2N2CCCC2)o1. The van der Waals surface area contributed by atoms with Crippen LogP contribution in [0.1, 0.15) is 37.3 Å². The van der Waals surface area contributed by atoms with Crippen molar-refractivity contribution in [2.75, 3.05) is 23.3 Å². The smallest absolute Gasteiger partial charge is 0.126 e. The molecule has 1 fully saturated rings. The van der Waals surface area contributed by atoms with Crippen LogP contribution in [0.4, 0.5) is 11.4 Å². The lowest BCUT2D eigenvalue weighted by atomic mass is 10.2. The maximum Gasteiger partial charge on any atom is 0.126 e. The summed E-state index contributed by atoms with van der Waals surface area (Å²) in [5.41, 5.74) is 2.50. The summed E-state index contributed by atoms with van der Waals surface area (Å²) in [6, 6.07) is 12.8. The van der Waals surface area contributed by atoms with E-state index in [-0.39, 0.29) is 6.04 Å². The number of rotatable bonds is 4. The lowest BCUT2D eigenvalue weighted by Gasteiger charge is -2.23. The molecule has 0 saturated carbocycles. The summed E-state index contributed by atoms with van der Waals surface area (Å²) < 4.78 is 5.71. The van der Waals surface area contributed by atoms with Gasteiger partial charge in [0.1, 0.15) is 11.5 Å². The molecule has 0 aliphatic carbocycles. The van der Waals surface area contributed by atoms with E-state index in [9.17, 15) is 0 Å². The molecule has 0 spiro atoms. The maximum atomic E-state index is 5.71. The van der Waals surface area contributed by atoms with Crippen molar-refractivity contribution in [3.63, 3.8) is 0 Å². The molecule has 3 nitrogen and oxygen atoms in total. The van der Waals surface area contributed by atoms with Crippen LogP contribution < -0.4 is 10.2 Å². The van der Waals surface area contributed by atoms with E-state index in [0.717, 1.165) is 24.6 Å². The van der Waals surface area contributed by atoms with Gasteiger partial charge in [0.2, 0.25) is 0 Å². The highest BCUT2D eigenvalue weighted by atomic mass is 16.3. The van der Waals surface area contributed by atoms with Crippen LogP contribution in [0.2, 0.25) is 0 Å². The Hall–Kier alpha value is -1.90. The number of nitrogens with one attached hydrogen (secondary N) is 1. The first kappa shape index (κ1) is 13.1. The van der Waals surface area contributed by atoms with Crippen molar-refractivity contribution in [2.45, 2.75) is 32.7 Å². The van der Waals surface area contributed by atoms with Crippen LogP contribution in [-0.4, -0.2) is 13.1 Å². The fraction of sp³-hybridized carbons (Fsp3) is 0.412. The Bertz CT molecular complexity index is 570. The van der Waals surface area contributed by atoms with Crippen molar-refractivity contribution in [1.29, 1.82) is 0 Å². The number of nitrogens with zero attached hydrogens (tertiary/aromatic N) is 1. The van der Waals surface area contributed by atoms with E-state index in [0.29, 0.717) is 0 Å². The van der Waals surface area contributed by atoms with Crippen molar-refractivity contribution >= 4 is 11.4 Å². The minimum Gasteiger partial charge on any atom is -0.464 e. The van der Waals surface area contributed by atoms with Gasteiger partial charge >= 0.3 is 0 Å². The third-order valence-electron chi connectivity index (χ3n) is 3.91. The average Bonchev–Trinajstić information content (AvgIpc) is 3.10. The van der Waals surface area contributed by atoms with E-state index in [4.69, 9.17) is 4.42 Å². The Morgan fingerprint density at radius 1 is 1.10 bits per heavy atom. The first-order chi connectivity index (χ1) is 9.74. The van der Waals surface area contributed by atoms with E-state index < -0.39 is 0 Å². The van der Waals surface area contributed by atoms with Crippen LogP contribution in [0.5, 0.6) is 0 Å². The van der Waals surface area contributed by atoms with Gasteiger partial charge in [0, 0.05) is 13.1 Å². The van der Waals surface area contributed by atoms with Crippen molar-refractivity contribution < 1.29 is 4.42 Å². The first-order valence-electron chi connectivity index (χ1n) is 7.41. The molecule has 0 radical (unpaired) electrons. The maximum absolute atomic E-state index is 5.71. The molecule has 1 atom stereocenters. The Labute approximate surface area is 120 Å². The Morgan fingerprint density at radius 2 is 1.85 bits per heavy atom. The highest BCUT2D eigenvalue weighted by Gasteiger charge is 2.17. The van der Waals surface area contributed by atoms with Crippen molar-refractivity contribution in [3.05, 3.63) is 47.9 Å². The van der Waals surface area contributed by atoms with E-state index in [1.165, 1.54) is 24.2 Å². The van der Waals surface area contributed by atoms with Gasteiger partial charge in [0.05, 0.1) is 17.4 Å². The lowest BCUT2D eigenvalue weighted by Crippen LogP contribution is -2.19. The zero-order valence-electron chi connectivity index (χ0n) is 12.2. The molecule has 0 amide bonds. The normalized spacial score (nSPS) is 16.4. The molecule has 1 aliphatic rings. The highest BCUT2D eigenvalue weighted by molar-refractivity contribution is 5.70. The number of hydrogen-bond acceptors (Lipinski definition) is 3. The van der Waals surface area contributed by atoms with E-state index in [2.05, 4.69) is 41.4 Å². The molecule has 2 heterocycles. The van der Waals surface area contributed by atoms with E-state index in [1.54, 1.807) is 0 Å². The summed E-state index contributed by atoms with van der Waals surface area (Å²) in [7, 11) is 0. The molecular formula is C17H22N2O. The zero-order valence-corrected chi connectivity index (χ0v) is 12.2. The van der Waals surface area contributed by atoms with Gasteiger partial charge < -0.3 is 14.6 Å². The summed E-state index contributed by atoms with van der Waals surface area (Å²) in [5, 5.41) is 3.58. The summed E-state index contributed by atoms with van der Waals surface area (Å²) in [4.78, 5) is 2.46. The topological polar surface area (TPSA) is 28.4 Å². The third kappa shape index (κ3) is 2.67. The Balaban J connectivity index is 1.79. The summed E-state index contributed by atoms with van der Waals surface area (Å²) in [5.74, 6) is 1.94. The Morgan fingerprint density at radius 3 is 2.55 bits per heavy atom. The van der Waals surface area contributed by atoms with Gasteiger partial charge in [0.25, 0.3) is 0 Å². The van der Waals surface area contributed by atoms with Gasteiger partial charge in [0.15, 0.2) is 0 Å². The number of para-hydroxylation sites is 2. The van der Waals surface area contributed by atoms with Gasteiger partial charge in [-0.3, -0.25) is 0 Å². The monoisotopic (exact) mass is 270 g/mol. The molecule has 1 N–H and O–H groups in total. The van der Waals surface area contributed by atoms with Gasteiger partial charge in [-0.25, -0.2) is 0 Å². The lowest BCUT2D eigenvalue weighted by molar-refractivity contribution is 0.467. The van der Waals surface area contributed by atoms with Crippen LogP contribution in [0.15, 0.2) is 40.8 Å². The predicted octanol–water partition coefficient (Wildman–Crippen LogP) is 4.36. The number of benzene rings is 1. The Kier molecular flexibility index (Phi) is 3.68. The van der Waals surface area contributed by atoms with Crippen LogP contribution in [0.25, 0.3) is 0 Å². The third-order valence-corrected chi connectivity index (χ3v) is 3.91. The standard InChI is InChI=1S/C17H22N2O/c1-13-9-10-17(20-13)14(2)18-15-7-3-4-8-16(15)19-11-5-6-12-19/h3-4,7-10,14,18H,5-6,11-12H2,1-2H3. The molecule has 2 aromatic rings. The van der Waals surface area contributed by atoms with E-state index >= 15 is 0 Å². The van der Waals surface area contributed by atoms with E-state index in [1.807, 2.05) is 19.1 Å². The van der Waals surface area contributed by atoms with Crippen LogP contribution in [0.3, 0.4) is 0 Å². The number of furan rings is 1. The number of hydrogen-bond donors (Lipinski definition) is 1. The molecule has 1 saturated heterocycles. The van der Waals surface area contributed by atoms with Crippen LogP contribution in [-0.2, 0) is 0 Å². The summed E-state index contributed by atoms with van der Waals surface area (Å²) >= 11 is 0. The molecule has 106 valence electrons. The number of anilines is 2. The average molecular weight is 270 g/mol. The van der Waals surface area contributed by atoms with Gasteiger partial charge in [-0.05, 0) is 51.0 Å². The molecule has 3 rings (SSSR count). The van der Waals surface area contributed by atoms with Gasteiger partial charge in [-0.15, -0.1) is 0 Å². The summed E-state index contributed by atoms with van der Waals surface area (Å²) in [6.07, 6.45) is 2.59. The minimum absolute atomic E-state index is 0.174. The molecule has 1 aromatic heterocycles. The molecule has 20 heavy (non-hydrogen) atoms. The zero-order chi connectivity index (χ0) is 13.9. The van der Waals surface area contributed by atoms with Crippen LogP contribution in [0, 0.1) is 6.92 Å². The van der Waals surface area contributed by atoms with Crippen molar-refractivity contribution in [1.82, 2.24) is 0 Å². The molecule has 3 heteroatoms. The second kappa shape index (κ2) is 5.61. The molecule has 1 aliphatic heterocycles. The number of aryl methyl sites for hydroxylation is 1. The fourth-order valence-corrected chi connectivity index (χ4v) is 2.82. The van der Waals surface area contributed by atoms with Gasteiger partial charge in [-0.1, -0.05) is 12.1 Å². The molecule has 0 bridgehead atoms. The molecular weight excluding hydrogens is 248 g/mol. The largest absolute Gasteiger partial charge is 0.464 e. The second-order valence-corrected chi connectivity index (χ2v) is 5.53. The molecule has 1 aromatic carbocycles.